The number of fused-ring (bicyclic) bond motifs is 3. The third kappa shape index (κ3) is 6.12. The van der Waals surface area contributed by atoms with Gasteiger partial charge in [0.2, 0.25) is 6.79 Å². The Hall–Kier alpha value is -5.19. The molecule has 0 fully saturated rings. The molecule has 7 aromatic rings. The number of carbonyl (C=O) groups excluding carboxylic acids is 1. The van der Waals surface area contributed by atoms with E-state index in [0.29, 0.717) is 18.6 Å². The summed E-state index contributed by atoms with van der Waals surface area (Å²) in [6.45, 7) is 0.237. The number of thiazole rings is 2. The lowest BCUT2D eigenvalue weighted by molar-refractivity contribution is -0.117. The highest BCUT2D eigenvalue weighted by Gasteiger charge is 2.15. The lowest BCUT2D eigenvalue weighted by Crippen LogP contribution is -2.06. The third-order valence-corrected chi connectivity index (χ3v) is 9.04. The molecule has 0 saturated heterocycles. The summed E-state index contributed by atoms with van der Waals surface area (Å²) in [7, 11) is 0. The molecule has 0 saturated carbocycles. The van der Waals surface area contributed by atoms with Crippen LogP contribution in [-0.2, 0) is 17.6 Å². The molecule has 8 rings (SSSR count). The molecule has 10 heteroatoms. The molecule has 0 unspecified atom stereocenters. The topological polar surface area (TPSA) is 113 Å². The lowest BCUT2D eigenvalue weighted by Gasteiger charge is -2.05. The summed E-state index contributed by atoms with van der Waals surface area (Å²) in [5.74, 6) is 1.59. The molecule has 1 aliphatic rings. The average Bonchev–Trinajstić information content (AvgIpc) is 3.79. The Balaban J connectivity index is 0.000000165. The molecule has 8 nitrogen and oxygen atoms in total. The summed E-state index contributed by atoms with van der Waals surface area (Å²) in [5.41, 5.74) is 12.4. The maximum absolute atomic E-state index is 12.6. The minimum atomic E-state index is 0.157. The number of nitrogens with two attached hydrogens (primary N) is 1. The summed E-state index contributed by atoms with van der Waals surface area (Å²) >= 11 is 3.24. The van der Waals surface area contributed by atoms with Crippen molar-refractivity contribution in [1.29, 1.82) is 0 Å². The van der Waals surface area contributed by atoms with E-state index in [1.165, 1.54) is 0 Å². The van der Waals surface area contributed by atoms with Gasteiger partial charge in [0.05, 0.1) is 20.4 Å². The van der Waals surface area contributed by atoms with Crippen LogP contribution in [0.3, 0.4) is 0 Å². The SMILES string of the molecule is Nc1cccc(-c2nc3ccncc3s2)c1.O=C(Cc1cccc(-c2nc3ccncc3s2)c1)Cc1ccc2c(c1)OCO2. The number of ketones is 1. The monoisotopic (exact) mass is 615 g/mol. The zero-order chi connectivity index (χ0) is 29.9. The number of ether oxygens (including phenoxy) is 2. The van der Waals surface area contributed by atoms with Gasteiger partial charge in [-0.1, -0.05) is 36.4 Å². The fourth-order valence-corrected chi connectivity index (χ4v) is 6.72. The van der Waals surface area contributed by atoms with Gasteiger partial charge in [-0.2, -0.15) is 0 Å². The fraction of sp³-hybridized carbons (Fsp3) is 0.0882. The van der Waals surface area contributed by atoms with Crippen molar-refractivity contribution in [3.05, 3.63) is 115 Å². The number of nitrogen functional groups attached to an aromatic ring is 1. The van der Waals surface area contributed by atoms with Gasteiger partial charge in [0.15, 0.2) is 11.5 Å². The first-order chi connectivity index (χ1) is 21.6. The molecule has 0 spiro atoms. The first-order valence-electron chi connectivity index (χ1n) is 13.8. The highest BCUT2D eigenvalue weighted by molar-refractivity contribution is 7.22. The molecule has 0 radical (unpaired) electrons. The number of nitrogens with zero attached hydrogens (tertiary/aromatic N) is 4. The summed E-state index contributed by atoms with van der Waals surface area (Å²) in [6, 6.07) is 25.3. The van der Waals surface area contributed by atoms with Crippen LogP contribution in [0.5, 0.6) is 11.5 Å². The molecule has 0 atom stereocenters. The van der Waals surface area contributed by atoms with Crippen LogP contribution in [-0.4, -0.2) is 32.5 Å². The van der Waals surface area contributed by atoms with Crippen molar-refractivity contribution in [1.82, 2.24) is 19.9 Å². The Morgan fingerprint density at radius 1 is 0.705 bits per heavy atom. The minimum Gasteiger partial charge on any atom is -0.454 e. The maximum atomic E-state index is 12.6. The Morgan fingerprint density at radius 2 is 1.32 bits per heavy atom. The number of benzene rings is 3. The number of aromatic nitrogens is 4. The van der Waals surface area contributed by atoms with E-state index in [0.717, 1.165) is 64.1 Å². The van der Waals surface area contributed by atoms with Crippen molar-refractivity contribution in [2.24, 2.45) is 0 Å². The smallest absolute Gasteiger partial charge is 0.231 e. The van der Waals surface area contributed by atoms with Crippen molar-refractivity contribution < 1.29 is 14.3 Å². The van der Waals surface area contributed by atoms with Crippen molar-refractivity contribution in [2.45, 2.75) is 12.8 Å². The molecule has 216 valence electrons. The molecule has 1 aliphatic heterocycles. The quantitative estimate of drug-likeness (QED) is 0.193. The van der Waals surface area contributed by atoms with Crippen molar-refractivity contribution in [3.63, 3.8) is 0 Å². The second-order valence-corrected chi connectivity index (χ2v) is 12.2. The molecule has 0 bridgehead atoms. The van der Waals surface area contributed by atoms with Crippen LogP contribution in [0, 0.1) is 0 Å². The summed E-state index contributed by atoms with van der Waals surface area (Å²) < 4.78 is 12.9. The summed E-state index contributed by atoms with van der Waals surface area (Å²) in [5, 5.41) is 1.92. The molecule has 0 aliphatic carbocycles. The van der Waals surface area contributed by atoms with Crippen LogP contribution in [0.4, 0.5) is 5.69 Å². The number of rotatable bonds is 6. The first kappa shape index (κ1) is 27.6. The van der Waals surface area contributed by atoms with Gasteiger partial charge in [-0.05, 0) is 53.6 Å². The van der Waals surface area contributed by atoms with Crippen molar-refractivity contribution in [2.75, 3.05) is 12.5 Å². The van der Waals surface area contributed by atoms with Crippen LogP contribution >= 0.6 is 22.7 Å². The van der Waals surface area contributed by atoms with Gasteiger partial charge in [0.1, 0.15) is 15.8 Å². The minimum absolute atomic E-state index is 0.157. The van der Waals surface area contributed by atoms with Crippen molar-refractivity contribution in [3.8, 4) is 32.6 Å². The molecule has 2 N–H and O–H groups in total. The average molecular weight is 616 g/mol. The summed E-state index contributed by atoms with van der Waals surface area (Å²) in [6.07, 6.45) is 7.92. The molecule has 3 aromatic carbocycles. The fourth-order valence-electron chi connectivity index (χ4n) is 4.86. The number of hydrogen-bond donors (Lipinski definition) is 1. The maximum Gasteiger partial charge on any atom is 0.231 e. The molecule has 44 heavy (non-hydrogen) atoms. The second-order valence-electron chi connectivity index (χ2n) is 10.1. The van der Waals surface area contributed by atoms with E-state index < -0.39 is 0 Å². The Kier molecular flexibility index (Phi) is 7.66. The van der Waals surface area contributed by atoms with Gasteiger partial charge in [-0.3, -0.25) is 14.8 Å². The molecule has 4 aromatic heterocycles. The number of Topliss-reactive ketones (excluding diaryl/α,β-unsaturated/α-hetero) is 1. The number of carbonyl (C=O) groups is 1. The highest BCUT2D eigenvalue weighted by atomic mass is 32.1. The number of pyridine rings is 2. The van der Waals surface area contributed by atoms with E-state index in [4.69, 9.17) is 15.2 Å². The zero-order valence-corrected chi connectivity index (χ0v) is 25.0. The lowest BCUT2D eigenvalue weighted by atomic mass is 10.0. The number of anilines is 1. The van der Waals surface area contributed by atoms with Crippen LogP contribution in [0.25, 0.3) is 41.6 Å². The molecule has 0 amide bonds. The van der Waals surface area contributed by atoms with Crippen LogP contribution < -0.4 is 15.2 Å². The first-order valence-corrected chi connectivity index (χ1v) is 15.5. The van der Waals surface area contributed by atoms with Gasteiger partial charge >= 0.3 is 0 Å². The number of hydrogen-bond acceptors (Lipinski definition) is 10. The normalized spacial score (nSPS) is 11.8. The van der Waals surface area contributed by atoms with E-state index in [2.05, 4.69) is 19.9 Å². The Bertz CT molecular complexity index is 2060. The van der Waals surface area contributed by atoms with E-state index >= 15 is 0 Å². The predicted octanol–water partition coefficient (Wildman–Crippen LogP) is 7.38. The highest BCUT2D eigenvalue weighted by Crippen LogP contribution is 2.33. The second kappa shape index (κ2) is 12.2. The molecule has 5 heterocycles. The predicted molar refractivity (Wildman–Crippen MR) is 175 cm³/mol. The van der Waals surface area contributed by atoms with Gasteiger partial charge in [-0.15, -0.1) is 22.7 Å². The largest absolute Gasteiger partial charge is 0.454 e. The van der Waals surface area contributed by atoms with Gasteiger partial charge in [0.25, 0.3) is 0 Å². The van der Waals surface area contributed by atoms with E-state index in [9.17, 15) is 4.79 Å². The third-order valence-electron chi connectivity index (χ3n) is 6.93. The molecular weight excluding hydrogens is 591 g/mol. The molecular formula is C34H25N5O3S2. The zero-order valence-electron chi connectivity index (χ0n) is 23.3. The van der Waals surface area contributed by atoms with Gasteiger partial charge in [0, 0.05) is 54.4 Å². The standard InChI is InChI=1S/C22H16N2O3S.C12H9N3S/c25-17(10-15-4-5-19-20(11-15)27-13-26-19)9-14-2-1-3-16(8-14)22-24-18-6-7-23-12-21(18)28-22;13-9-3-1-2-8(6-9)12-15-10-4-5-14-7-11(10)16-12/h1-8,11-12H,9-10,13H2;1-7H,13H2. The Labute approximate surface area is 260 Å². The van der Waals surface area contributed by atoms with E-state index in [1.807, 2.05) is 91.3 Å². The van der Waals surface area contributed by atoms with E-state index in [1.54, 1.807) is 35.1 Å². The van der Waals surface area contributed by atoms with Crippen LogP contribution in [0.15, 0.2) is 104 Å². The van der Waals surface area contributed by atoms with Crippen LogP contribution in [0.2, 0.25) is 0 Å². The van der Waals surface area contributed by atoms with E-state index in [-0.39, 0.29) is 12.6 Å². The Morgan fingerprint density at radius 3 is 1.98 bits per heavy atom. The van der Waals surface area contributed by atoms with Gasteiger partial charge < -0.3 is 15.2 Å². The van der Waals surface area contributed by atoms with Crippen molar-refractivity contribution >= 4 is 54.6 Å². The van der Waals surface area contributed by atoms with Crippen LogP contribution in [0.1, 0.15) is 11.1 Å². The van der Waals surface area contributed by atoms with Gasteiger partial charge in [-0.25, -0.2) is 9.97 Å². The summed E-state index contributed by atoms with van der Waals surface area (Å²) in [4.78, 5) is 30.0.